The van der Waals surface area contributed by atoms with Crippen LogP contribution in [0, 0.1) is 0 Å². The molecular weight excluding hydrogens is 204 g/mol. The van der Waals surface area contributed by atoms with Crippen LogP contribution in [-0.2, 0) is 6.54 Å². The number of nitrogens with two attached hydrogens (primary N) is 1. The zero-order valence-corrected chi connectivity index (χ0v) is 8.59. The van der Waals surface area contributed by atoms with E-state index in [0.717, 1.165) is 11.4 Å². The zero-order valence-electron chi connectivity index (χ0n) is 8.59. The number of nitrogen functional groups attached to an aromatic ring is 1. The van der Waals surface area contributed by atoms with Gasteiger partial charge in [-0.05, 0) is 18.2 Å². The van der Waals surface area contributed by atoms with Gasteiger partial charge in [-0.15, -0.1) is 0 Å². The van der Waals surface area contributed by atoms with Gasteiger partial charge in [0.25, 0.3) is 0 Å². The number of nitrogens with zero attached hydrogens (tertiary/aromatic N) is 3. The molecule has 0 spiro atoms. The van der Waals surface area contributed by atoms with E-state index in [1.807, 2.05) is 24.3 Å². The molecule has 0 aliphatic heterocycles. The molecule has 2 aromatic heterocycles. The highest BCUT2D eigenvalue weighted by Gasteiger charge is 1.96. The number of nitrogens with one attached hydrogen (secondary N) is 2. The number of hydrogen-bond donors (Lipinski definition) is 3. The van der Waals surface area contributed by atoms with Crippen molar-refractivity contribution in [2.24, 2.45) is 5.84 Å². The van der Waals surface area contributed by atoms with E-state index >= 15 is 0 Å². The molecule has 6 nitrogen and oxygen atoms in total. The van der Waals surface area contributed by atoms with Gasteiger partial charge in [0.15, 0.2) is 0 Å². The van der Waals surface area contributed by atoms with Crippen LogP contribution in [0.5, 0.6) is 0 Å². The molecule has 0 bridgehead atoms. The van der Waals surface area contributed by atoms with Crippen molar-refractivity contribution in [1.82, 2.24) is 15.2 Å². The van der Waals surface area contributed by atoms with E-state index in [0.29, 0.717) is 12.4 Å². The van der Waals surface area contributed by atoms with Crippen LogP contribution in [0.15, 0.2) is 36.7 Å². The smallest absolute Gasteiger partial charge is 0.141 e. The van der Waals surface area contributed by atoms with Gasteiger partial charge >= 0.3 is 0 Å². The van der Waals surface area contributed by atoms with Crippen LogP contribution in [0.3, 0.4) is 0 Å². The fourth-order valence-electron chi connectivity index (χ4n) is 1.24. The minimum atomic E-state index is 0.613. The topological polar surface area (TPSA) is 88.8 Å². The number of rotatable bonds is 4. The highest BCUT2D eigenvalue weighted by Crippen LogP contribution is 2.11. The van der Waals surface area contributed by atoms with E-state index in [1.54, 1.807) is 12.4 Å². The molecule has 16 heavy (non-hydrogen) atoms. The molecule has 0 fully saturated rings. The Labute approximate surface area is 92.9 Å². The first-order valence-electron chi connectivity index (χ1n) is 4.81. The predicted octanol–water partition coefficient (Wildman–Crippen LogP) is 0.769. The lowest BCUT2D eigenvalue weighted by Gasteiger charge is -2.06. The summed E-state index contributed by atoms with van der Waals surface area (Å²) in [5.74, 6) is 5.88. The summed E-state index contributed by atoms with van der Waals surface area (Å²) in [6.07, 6.45) is 3.32. The minimum Gasteiger partial charge on any atom is -0.379 e. The van der Waals surface area contributed by atoms with E-state index in [1.165, 1.54) is 0 Å². The van der Waals surface area contributed by atoms with Crippen LogP contribution >= 0.6 is 0 Å². The fourth-order valence-corrected chi connectivity index (χ4v) is 1.24. The van der Waals surface area contributed by atoms with Gasteiger partial charge in [0.1, 0.15) is 5.82 Å². The molecule has 0 aliphatic carbocycles. The van der Waals surface area contributed by atoms with Crippen molar-refractivity contribution in [3.63, 3.8) is 0 Å². The molecule has 2 aromatic rings. The molecule has 0 unspecified atom stereocenters. The summed E-state index contributed by atoms with van der Waals surface area (Å²) in [4.78, 5) is 4.01. The monoisotopic (exact) mass is 216 g/mol. The van der Waals surface area contributed by atoms with Crippen LogP contribution in [0.2, 0.25) is 0 Å². The summed E-state index contributed by atoms with van der Waals surface area (Å²) in [6, 6.07) is 7.43. The maximum atomic E-state index is 5.26. The van der Waals surface area contributed by atoms with Gasteiger partial charge in [0, 0.05) is 24.1 Å². The second kappa shape index (κ2) is 5.04. The third-order valence-corrected chi connectivity index (χ3v) is 2.01. The summed E-state index contributed by atoms with van der Waals surface area (Å²) >= 11 is 0. The number of anilines is 2. The molecule has 0 saturated heterocycles. The average Bonchev–Trinajstić information content (AvgIpc) is 2.38. The quantitative estimate of drug-likeness (QED) is 0.516. The molecule has 4 N–H and O–H groups in total. The highest BCUT2D eigenvalue weighted by atomic mass is 15.2. The van der Waals surface area contributed by atoms with E-state index in [4.69, 9.17) is 5.84 Å². The van der Waals surface area contributed by atoms with Crippen LogP contribution in [0.1, 0.15) is 5.69 Å². The van der Waals surface area contributed by atoms with Gasteiger partial charge in [0.2, 0.25) is 0 Å². The highest BCUT2D eigenvalue weighted by molar-refractivity contribution is 5.51. The van der Waals surface area contributed by atoms with Crippen molar-refractivity contribution in [2.45, 2.75) is 6.54 Å². The van der Waals surface area contributed by atoms with Gasteiger partial charge in [-0.1, -0.05) is 0 Å². The largest absolute Gasteiger partial charge is 0.379 e. The third kappa shape index (κ3) is 2.64. The van der Waals surface area contributed by atoms with Crippen LogP contribution in [0.4, 0.5) is 11.5 Å². The Kier molecular flexibility index (Phi) is 3.25. The molecule has 0 aromatic carbocycles. The molecule has 2 heterocycles. The van der Waals surface area contributed by atoms with Crippen molar-refractivity contribution in [1.29, 1.82) is 0 Å². The zero-order chi connectivity index (χ0) is 11.2. The standard InChI is InChI=1S/C10H12N6/c11-15-10-6-8(3-5-12-10)13-7-9-2-1-4-14-16-9/h1-6H,7,11H2,(H2,12,13,15). The van der Waals surface area contributed by atoms with E-state index in [-0.39, 0.29) is 0 Å². The predicted molar refractivity (Wildman–Crippen MR) is 61.4 cm³/mol. The SMILES string of the molecule is NNc1cc(NCc2cccnn2)ccn1. The maximum absolute atomic E-state index is 5.26. The Morgan fingerprint density at radius 1 is 1.25 bits per heavy atom. The Morgan fingerprint density at radius 3 is 2.94 bits per heavy atom. The van der Waals surface area contributed by atoms with Crippen molar-refractivity contribution in [3.8, 4) is 0 Å². The molecule has 82 valence electrons. The molecular formula is C10H12N6. The molecule has 0 amide bonds. The lowest BCUT2D eigenvalue weighted by atomic mass is 10.3. The number of pyridine rings is 1. The van der Waals surface area contributed by atoms with Crippen molar-refractivity contribution >= 4 is 11.5 Å². The summed E-state index contributed by atoms with van der Waals surface area (Å²) in [7, 11) is 0. The van der Waals surface area contributed by atoms with Crippen molar-refractivity contribution in [3.05, 3.63) is 42.4 Å². The first-order chi connectivity index (χ1) is 7.88. The van der Waals surface area contributed by atoms with Crippen LogP contribution in [-0.4, -0.2) is 15.2 Å². The first-order valence-corrected chi connectivity index (χ1v) is 4.81. The second-order valence-corrected chi connectivity index (χ2v) is 3.14. The van der Waals surface area contributed by atoms with E-state index < -0.39 is 0 Å². The van der Waals surface area contributed by atoms with Crippen molar-refractivity contribution in [2.75, 3.05) is 10.7 Å². The Bertz CT molecular complexity index is 444. The Hall–Kier alpha value is -2.21. The number of hydrogen-bond acceptors (Lipinski definition) is 6. The lowest BCUT2D eigenvalue weighted by Crippen LogP contribution is -2.09. The lowest BCUT2D eigenvalue weighted by molar-refractivity contribution is 0.924. The van der Waals surface area contributed by atoms with Gasteiger partial charge < -0.3 is 10.7 Å². The van der Waals surface area contributed by atoms with Crippen LogP contribution in [0.25, 0.3) is 0 Å². The minimum absolute atomic E-state index is 0.613. The first kappa shape index (κ1) is 10.3. The molecule has 0 radical (unpaired) electrons. The molecule has 6 heteroatoms. The summed E-state index contributed by atoms with van der Waals surface area (Å²) in [5.41, 5.74) is 4.29. The van der Waals surface area contributed by atoms with Gasteiger partial charge in [-0.2, -0.15) is 10.2 Å². The average molecular weight is 216 g/mol. The fraction of sp³-hybridized carbons (Fsp3) is 0.100. The van der Waals surface area contributed by atoms with Gasteiger partial charge in [-0.25, -0.2) is 10.8 Å². The Morgan fingerprint density at radius 2 is 2.19 bits per heavy atom. The van der Waals surface area contributed by atoms with E-state index in [9.17, 15) is 0 Å². The van der Waals surface area contributed by atoms with Crippen molar-refractivity contribution < 1.29 is 0 Å². The second-order valence-electron chi connectivity index (χ2n) is 3.14. The normalized spacial score (nSPS) is 9.81. The summed E-state index contributed by atoms with van der Waals surface area (Å²) in [6.45, 7) is 0.613. The molecule has 0 aliphatic rings. The molecule has 0 saturated carbocycles. The summed E-state index contributed by atoms with van der Waals surface area (Å²) < 4.78 is 0. The molecule has 0 atom stereocenters. The third-order valence-electron chi connectivity index (χ3n) is 2.01. The number of aromatic nitrogens is 3. The number of hydrazine groups is 1. The van der Waals surface area contributed by atoms with Gasteiger partial charge in [0.05, 0.1) is 12.2 Å². The maximum Gasteiger partial charge on any atom is 0.141 e. The van der Waals surface area contributed by atoms with E-state index in [2.05, 4.69) is 25.9 Å². The molecule has 2 rings (SSSR count). The summed E-state index contributed by atoms with van der Waals surface area (Å²) in [5, 5.41) is 11.0. The van der Waals surface area contributed by atoms with Crippen LogP contribution < -0.4 is 16.6 Å². The van der Waals surface area contributed by atoms with Gasteiger partial charge in [-0.3, -0.25) is 0 Å². The Balaban J connectivity index is 1.99.